The summed E-state index contributed by atoms with van der Waals surface area (Å²) in [6.45, 7) is 4.22. The Hall–Kier alpha value is -0.590. The maximum atomic E-state index is 11.4. The quantitative estimate of drug-likeness (QED) is 0.484. The summed E-state index contributed by atoms with van der Waals surface area (Å²) in [7, 11) is 0. The van der Waals surface area contributed by atoms with Gasteiger partial charge in [0.2, 0.25) is 0 Å². The maximum Gasteiger partial charge on any atom is 0.159 e. The van der Waals surface area contributed by atoms with Crippen LogP contribution in [0.3, 0.4) is 0 Å². The van der Waals surface area contributed by atoms with Crippen LogP contribution in [-0.2, 0) is 4.79 Å². The average molecular weight is 150 g/mol. The van der Waals surface area contributed by atoms with Crippen LogP contribution in [0.15, 0.2) is 11.6 Å². The lowest BCUT2D eigenvalue weighted by Gasteiger charge is -2.42. The van der Waals surface area contributed by atoms with Gasteiger partial charge in [-0.2, -0.15) is 0 Å². The lowest BCUT2D eigenvalue weighted by Crippen LogP contribution is -2.33. The zero-order chi connectivity index (χ0) is 8.06. The molecular weight excluding hydrogens is 136 g/mol. The topological polar surface area (TPSA) is 17.1 Å². The van der Waals surface area contributed by atoms with E-state index in [1.807, 2.05) is 13.0 Å². The van der Waals surface area contributed by atoms with E-state index in [9.17, 15) is 4.79 Å². The van der Waals surface area contributed by atoms with E-state index in [2.05, 4.69) is 6.92 Å². The Morgan fingerprint density at radius 2 is 2.36 bits per heavy atom. The Kier molecular flexibility index (Phi) is 1.26. The zero-order valence-corrected chi connectivity index (χ0v) is 7.18. The van der Waals surface area contributed by atoms with Gasteiger partial charge < -0.3 is 0 Å². The molecule has 0 radical (unpaired) electrons. The number of carbonyl (C=O) groups is 1. The molecule has 0 saturated heterocycles. The second kappa shape index (κ2) is 1.96. The normalized spacial score (nSPS) is 45.8. The molecule has 2 rings (SSSR count). The highest BCUT2D eigenvalue weighted by Gasteiger charge is 2.52. The van der Waals surface area contributed by atoms with Gasteiger partial charge in [0.05, 0.1) is 0 Å². The molecule has 0 aliphatic heterocycles. The molecule has 2 atom stereocenters. The molecule has 0 aromatic carbocycles. The fourth-order valence-electron chi connectivity index (χ4n) is 2.61. The third kappa shape index (κ3) is 0.688. The lowest BCUT2D eigenvalue weighted by molar-refractivity contribution is -0.114. The number of ketones is 1. The van der Waals surface area contributed by atoms with Crippen LogP contribution in [0.5, 0.6) is 0 Å². The van der Waals surface area contributed by atoms with Crippen molar-refractivity contribution in [2.24, 2.45) is 11.3 Å². The molecule has 2 aliphatic rings. The summed E-state index contributed by atoms with van der Waals surface area (Å²) in [5, 5.41) is 0. The Balaban J connectivity index is 2.38. The predicted molar refractivity (Wildman–Crippen MR) is 44.2 cm³/mol. The zero-order valence-electron chi connectivity index (χ0n) is 7.18. The summed E-state index contributed by atoms with van der Waals surface area (Å²) in [5.41, 5.74) is 1.39. The van der Waals surface area contributed by atoms with Gasteiger partial charge in [0.1, 0.15) is 0 Å². The van der Waals surface area contributed by atoms with Crippen LogP contribution in [0.2, 0.25) is 0 Å². The minimum absolute atomic E-state index is 0.284. The second-order valence-corrected chi connectivity index (χ2v) is 3.98. The Labute approximate surface area is 67.5 Å². The first-order chi connectivity index (χ1) is 5.18. The molecular formula is C10H14O. The summed E-state index contributed by atoms with van der Waals surface area (Å²) < 4.78 is 0. The van der Waals surface area contributed by atoms with Crippen LogP contribution in [0.4, 0.5) is 0 Å². The van der Waals surface area contributed by atoms with Crippen LogP contribution < -0.4 is 0 Å². The number of hydrogen-bond donors (Lipinski definition) is 0. The second-order valence-electron chi connectivity index (χ2n) is 3.98. The Morgan fingerprint density at radius 1 is 1.64 bits per heavy atom. The molecule has 1 heteroatoms. The van der Waals surface area contributed by atoms with Crippen LogP contribution in [0, 0.1) is 11.3 Å². The third-order valence-electron chi connectivity index (χ3n) is 3.55. The van der Waals surface area contributed by atoms with Crippen molar-refractivity contribution in [2.75, 3.05) is 0 Å². The number of hydrogen-bond acceptors (Lipinski definition) is 1. The number of allylic oxidation sites excluding steroid dienone is 2. The average Bonchev–Trinajstić information content (AvgIpc) is 2.12. The minimum atomic E-state index is 0.284. The van der Waals surface area contributed by atoms with E-state index >= 15 is 0 Å². The van der Waals surface area contributed by atoms with Gasteiger partial charge in [-0.15, -0.1) is 0 Å². The van der Waals surface area contributed by atoms with E-state index in [0.717, 1.165) is 12.0 Å². The van der Waals surface area contributed by atoms with Crippen molar-refractivity contribution in [3.05, 3.63) is 11.6 Å². The van der Waals surface area contributed by atoms with Crippen molar-refractivity contribution >= 4 is 5.78 Å². The molecule has 2 fully saturated rings. The molecule has 0 amide bonds. The fourth-order valence-corrected chi connectivity index (χ4v) is 2.61. The summed E-state index contributed by atoms with van der Waals surface area (Å²) in [6, 6.07) is 0. The maximum absolute atomic E-state index is 11.4. The van der Waals surface area contributed by atoms with E-state index in [1.165, 1.54) is 12.8 Å². The number of rotatable bonds is 0. The highest BCUT2D eigenvalue weighted by molar-refractivity contribution is 5.99. The highest BCUT2D eigenvalue weighted by atomic mass is 16.1. The van der Waals surface area contributed by atoms with Crippen molar-refractivity contribution in [3.8, 4) is 0 Å². The van der Waals surface area contributed by atoms with Crippen molar-refractivity contribution < 1.29 is 4.79 Å². The smallest absolute Gasteiger partial charge is 0.159 e. The fraction of sp³-hybridized carbons (Fsp3) is 0.700. The van der Waals surface area contributed by atoms with Gasteiger partial charge in [-0.05, 0) is 36.7 Å². The van der Waals surface area contributed by atoms with Crippen molar-refractivity contribution in [1.29, 1.82) is 0 Å². The number of fused-ring (bicyclic) bond motifs is 1. The molecule has 2 aliphatic carbocycles. The predicted octanol–water partition coefficient (Wildman–Crippen LogP) is 2.32. The monoisotopic (exact) mass is 150 g/mol. The molecule has 11 heavy (non-hydrogen) atoms. The minimum Gasteiger partial charge on any atom is -0.295 e. The van der Waals surface area contributed by atoms with Gasteiger partial charge in [-0.25, -0.2) is 0 Å². The van der Waals surface area contributed by atoms with Crippen LogP contribution in [0.25, 0.3) is 0 Å². The van der Waals surface area contributed by atoms with Gasteiger partial charge in [0.15, 0.2) is 5.78 Å². The largest absolute Gasteiger partial charge is 0.295 e. The molecule has 0 bridgehead atoms. The van der Waals surface area contributed by atoms with Gasteiger partial charge in [-0.3, -0.25) is 4.79 Å². The summed E-state index contributed by atoms with van der Waals surface area (Å²) in [6.07, 6.45) is 5.32. The van der Waals surface area contributed by atoms with E-state index in [0.29, 0.717) is 11.7 Å². The molecule has 0 N–H and O–H groups in total. The van der Waals surface area contributed by atoms with Gasteiger partial charge in [0, 0.05) is 6.42 Å². The molecule has 0 aromatic rings. The Morgan fingerprint density at radius 3 is 2.64 bits per heavy atom. The van der Waals surface area contributed by atoms with Crippen molar-refractivity contribution in [1.82, 2.24) is 0 Å². The standard InChI is InChI=1S/C10H14O/c1-3-8-9(11)6-7-4-5-10(7,8)2/h3,7H,4-6H2,1-2H3/b8-3-/t7?,10-/m0/s1. The van der Waals surface area contributed by atoms with Crippen molar-refractivity contribution in [3.63, 3.8) is 0 Å². The number of carbonyl (C=O) groups excluding carboxylic acids is 1. The molecule has 0 aromatic heterocycles. The van der Waals surface area contributed by atoms with Crippen molar-refractivity contribution in [2.45, 2.75) is 33.1 Å². The van der Waals surface area contributed by atoms with E-state index in [4.69, 9.17) is 0 Å². The Bertz CT molecular complexity index is 239. The van der Waals surface area contributed by atoms with E-state index in [-0.39, 0.29) is 5.41 Å². The molecule has 1 unspecified atom stereocenters. The molecule has 0 spiro atoms. The van der Waals surface area contributed by atoms with Gasteiger partial charge >= 0.3 is 0 Å². The van der Waals surface area contributed by atoms with E-state index in [1.54, 1.807) is 0 Å². The highest BCUT2D eigenvalue weighted by Crippen LogP contribution is 2.58. The molecule has 1 nitrogen and oxygen atoms in total. The van der Waals surface area contributed by atoms with Crippen LogP contribution >= 0.6 is 0 Å². The SMILES string of the molecule is C/C=C1/C(=O)CC2CC[C@]12C. The molecule has 0 heterocycles. The summed E-state index contributed by atoms with van der Waals surface area (Å²) in [4.78, 5) is 11.4. The van der Waals surface area contributed by atoms with E-state index < -0.39 is 0 Å². The lowest BCUT2D eigenvalue weighted by atomic mass is 9.62. The van der Waals surface area contributed by atoms with Crippen LogP contribution in [-0.4, -0.2) is 5.78 Å². The third-order valence-corrected chi connectivity index (χ3v) is 3.55. The molecule has 2 saturated carbocycles. The summed E-state index contributed by atoms with van der Waals surface area (Å²) in [5.74, 6) is 1.08. The van der Waals surface area contributed by atoms with Crippen LogP contribution in [0.1, 0.15) is 33.1 Å². The first-order valence-electron chi connectivity index (χ1n) is 4.38. The summed E-state index contributed by atoms with van der Waals surface area (Å²) >= 11 is 0. The first-order valence-corrected chi connectivity index (χ1v) is 4.38. The first kappa shape index (κ1) is 7.08. The van der Waals surface area contributed by atoms with Gasteiger partial charge in [-0.1, -0.05) is 13.0 Å². The van der Waals surface area contributed by atoms with Gasteiger partial charge in [0.25, 0.3) is 0 Å². The number of Topliss-reactive ketones (excluding diaryl/α,β-unsaturated/α-hetero) is 1. The molecule has 60 valence electrons.